The Balaban J connectivity index is 1.70. The molecule has 24 heavy (non-hydrogen) atoms. The summed E-state index contributed by atoms with van der Waals surface area (Å²) in [5, 5.41) is 4.57. The van der Waals surface area contributed by atoms with Crippen molar-refractivity contribution < 1.29 is 4.79 Å². The lowest BCUT2D eigenvalue weighted by atomic mass is 10.1. The van der Waals surface area contributed by atoms with Gasteiger partial charge in [0.05, 0.1) is 10.2 Å². The van der Waals surface area contributed by atoms with Crippen molar-refractivity contribution in [1.82, 2.24) is 9.97 Å². The highest BCUT2D eigenvalue weighted by Crippen LogP contribution is 2.28. The molecule has 4 aromatic rings. The van der Waals surface area contributed by atoms with Crippen LogP contribution in [0.15, 0.2) is 53.3 Å². The molecule has 0 atom stereocenters. The number of carbonyl (C=O) groups excluding carboxylic acids is 1. The van der Waals surface area contributed by atoms with Crippen LogP contribution in [0.1, 0.15) is 16.1 Å². The number of aromatic nitrogens is 2. The van der Waals surface area contributed by atoms with Gasteiger partial charge in [-0.2, -0.15) is 0 Å². The quantitative estimate of drug-likeness (QED) is 0.586. The SMILES string of the molecule is Cc1cccc2sc(NC(=O)c3cc4ccccc4c(=O)[nH]3)nc12. The number of thiazole rings is 1. The van der Waals surface area contributed by atoms with E-state index in [-0.39, 0.29) is 17.2 Å². The number of aromatic amines is 1. The standard InChI is InChI=1S/C18H13N3O2S/c1-10-5-4-8-14-15(10)20-18(24-14)21-17(23)13-9-11-6-2-3-7-12(11)16(22)19-13/h2-9H,1H3,(H,19,22)(H,20,21,23). The van der Waals surface area contributed by atoms with Crippen LogP contribution in [0, 0.1) is 6.92 Å². The summed E-state index contributed by atoms with van der Waals surface area (Å²) >= 11 is 1.41. The molecular weight excluding hydrogens is 322 g/mol. The van der Waals surface area contributed by atoms with Gasteiger partial charge in [-0.3, -0.25) is 14.9 Å². The highest BCUT2D eigenvalue weighted by Gasteiger charge is 2.13. The number of aryl methyl sites for hydroxylation is 1. The van der Waals surface area contributed by atoms with E-state index in [1.807, 2.05) is 37.3 Å². The van der Waals surface area contributed by atoms with Gasteiger partial charge in [-0.15, -0.1) is 0 Å². The van der Waals surface area contributed by atoms with Crippen molar-refractivity contribution in [1.29, 1.82) is 0 Å². The number of fused-ring (bicyclic) bond motifs is 2. The highest BCUT2D eigenvalue weighted by molar-refractivity contribution is 7.22. The summed E-state index contributed by atoms with van der Waals surface area (Å²) in [5.74, 6) is -0.380. The number of amides is 1. The topological polar surface area (TPSA) is 74.8 Å². The summed E-state index contributed by atoms with van der Waals surface area (Å²) in [6.07, 6.45) is 0. The molecule has 5 nitrogen and oxygen atoms in total. The lowest BCUT2D eigenvalue weighted by molar-refractivity contribution is 0.102. The average molecular weight is 335 g/mol. The van der Waals surface area contributed by atoms with Gasteiger partial charge in [0.1, 0.15) is 5.69 Å². The van der Waals surface area contributed by atoms with Crippen LogP contribution in [0.5, 0.6) is 0 Å². The monoisotopic (exact) mass is 335 g/mol. The van der Waals surface area contributed by atoms with E-state index >= 15 is 0 Å². The molecule has 0 radical (unpaired) electrons. The van der Waals surface area contributed by atoms with E-state index < -0.39 is 0 Å². The van der Waals surface area contributed by atoms with Crippen molar-refractivity contribution in [2.75, 3.05) is 5.32 Å². The second kappa shape index (κ2) is 5.58. The second-order valence-electron chi connectivity index (χ2n) is 5.49. The minimum absolute atomic E-state index is 0.217. The first-order valence-corrected chi connectivity index (χ1v) is 8.23. The maximum Gasteiger partial charge on any atom is 0.273 e. The molecule has 0 aliphatic carbocycles. The van der Waals surface area contributed by atoms with Gasteiger partial charge >= 0.3 is 0 Å². The zero-order valence-electron chi connectivity index (χ0n) is 12.8. The molecule has 0 spiro atoms. The maximum atomic E-state index is 12.5. The molecular formula is C18H13N3O2S. The Bertz CT molecular complexity index is 1140. The minimum Gasteiger partial charge on any atom is -0.317 e. The molecule has 0 aliphatic rings. The molecule has 0 fully saturated rings. The molecule has 2 aromatic heterocycles. The smallest absolute Gasteiger partial charge is 0.273 e. The van der Waals surface area contributed by atoms with Gasteiger partial charge in [0.2, 0.25) is 0 Å². The summed E-state index contributed by atoms with van der Waals surface area (Å²) in [7, 11) is 0. The van der Waals surface area contributed by atoms with E-state index in [1.165, 1.54) is 11.3 Å². The van der Waals surface area contributed by atoms with E-state index in [0.29, 0.717) is 10.5 Å². The lowest BCUT2D eigenvalue weighted by Gasteiger charge is -2.03. The van der Waals surface area contributed by atoms with Crippen LogP contribution in [-0.4, -0.2) is 15.9 Å². The Morgan fingerprint density at radius 1 is 1.17 bits per heavy atom. The normalized spacial score (nSPS) is 11.0. The van der Waals surface area contributed by atoms with Crippen molar-refractivity contribution >= 4 is 43.4 Å². The van der Waals surface area contributed by atoms with Gasteiger partial charge in [0.15, 0.2) is 5.13 Å². The molecule has 0 unspecified atom stereocenters. The van der Waals surface area contributed by atoms with E-state index in [4.69, 9.17) is 0 Å². The van der Waals surface area contributed by atoms with E-state index in [9.17, 15) is 9.59 Å². The molecule has 6 heteroatoms. The van der Waals surface area contributed by atoms with Gasteiger partial charge in [-0.05, 0) is 36.1 Å². The Hall–Kier alpha value is -2.99. The molecule has 0 bridgehead atoms. The Morgan fingerprint density at radius 2 is 2.00 bits per heavy atom. The second-order valence-corrected chi connectivity index (χ2v) is 6.52. The van der Waals surface area contributed by atoms with Gasteiger partial charge < -0.3 is 4.98 Å². The summed E-state index contributed by atoms with van der Waals surface area (Å²) < 4.78 is 1.01. The summed E-state index contributed by atoms with van der Waals surface area (Å²) in [6.45, 7) is 1.98. The fourth-order valence-electron chi connectivity index (χ4n) is 2.64. The van der Waals surface area contributed by atoms with Crippen molar-refractivity contribution in [2.24, 2.45) is 0 Å². The van der Waals surface area contributed by atoms with Crippen molar-refractivity contribution in [2.45, 2.75) is 6.92 Å². The molecule has 0 saturated carbocycles. The fourth-order valence-corrected chi connectivity index (χ4v) is 3.58. The van der Waals surface area contributed by atoms with Crippen molar-refractivity contribution in [3.05, 3.63) is 70.1 Å². The molecule has 2 heterocycles. The Labute approximate surface area is 141 Å². The van der Waals surface area contributed by atoms with Crippen LogP contribution in [0.25, 0.3) is 21.0 Å². The summed E-state index contributed by atoms with van der Waals surface area (Å²) in [6, 6.07) is 14.7. The van der Waals surface area contributed by atoms with E-state index in [1.54, 1.807) is 18.2 Å². The molecule has 2 N–H and O–H groups in total. The third-order valence-electron chi connectivity index (χ3n) is 3.84. The van der Waals surface area contributed by atoms with Crippen LogP contribution in [0.3, 0.4) is 0 Å². The first kappa shape index (κ1) is 14.6. The van der Waals surface area contributed by atoms with Crippen molar-refractivity contribution in [3.8, 4) is 0 Å². The largest absolute Gasteiger partial charge is 0.317 e. The number of nitrogens with zero attached hydrogens (tertiary/aromatic N) is 1. The minimum atomic E-state index is -0.380. The first-order valence-electron chi connectivity index (χ1n) is 7.41. The third kappa shape index (κ3) is 2.47. The summed E-state index contributed by atoms with van der Waals surface area (Å²) in [4.78, 5) is 31.6. The number of nitrogens with one attached hydrogen (secondary N) is 2. The van der Waals surface area contributed by atoms with Crippen molar-refractivity contribution in [3.63, 3.8) is 0 Å². The molecule has 0 aliphatic heterocycles. The number of carbonyl (C=O) groups is 1. The van der Waals surface area contributed by atoms with E-state index in [2.05, 4.69) is 15.3 Å². The maximum absolute atomic E-state index is 12.5. The van der Waals surface area contributed by atoms with Crippen LogP contribution >= 0.6 is 11.3 Å². The molecule has 2 aromatic carbocycles. The number of pyridine rings is 1. The van der Waals surface area contributed by atoms with Gasteiger partial charge in [-0.1, -0.05) is 41.7 Å². The van der Waals surface area contributed by atoms with Crippen LogP contribution in [0.2, 0.25) is 0 Å². The van der Waals surface area contributed by atoms with Gasteiger partial charge in [0, 0.05) is 5.39 Å². The number of H-pyrrole nitrogens is 1. The Kier molecular flexibility index (Phi) is 3.39. The number of para-hydroxylation sites is 1. The zero-order valence-corrected chi connectivity index (χ0v) is 13.6. The van der Waals surface area contributed by atoms with Crippen LogP contribution in [-0.2, 0) is 0 Å². The first-order chi connectivity index (χ1) is 11.6. The predicted octanol–water partition coefficient (Wildman–Crippen LogP) is 3.70. The van der Waals surface area contributed by atoms with Crippen LogP contribution in [0.4, 0.5) is 5.13 Å². The van der Waals surface area contributed by atoms with Gasteiger partial charge in [-0.25, -0.2) is 4.98 Å². The third-order valence-corrected chi connectivity index (χ3v) is 4.78. The molecule has 0 saturated heterocycles. The number of hydrogen-bond acceptors (Lipinski definition) is 4. The molecule has 4 rings (SSSR count). The van der Waals surface area contributed by atoms with Crippen LogP contribution < -0.4 is 10.9 Å². The Morgan fingerprint density at radius 3 is 2.83 bits per heavy atom. The highest BCUT2D eigenvalue weighted by atomic mass is 32.1. The zero-order chi connectivity index (χ0) is 16.7. The number of benzene rings is 2. The molecule has 118 valence electrons. The van der Waals surface area contributed by atoms with Gasteiger partial charge in [0.25, 0.3) is 11.5 Å². The van der Waals surface area contributed by atoms with E-state index in [0.717, 1.165) is 21.2 Å². The fraction of sp³-hybridized carbons (Fsp3) is 0.0556. The molecule has 1 amide bonds. The lowest BCUT2D eigenvalue weighted by Crippen LogP contribution is -2.18. The summed E-state index contributed by atoms with van der Waals surface area (Å²) in [5.41, 5.74) is 1.88. The number of anilines is 1. The predicted molar refractivity (Wildman–Crippen MR) is 96.9 cm³/mol. The average Bonchev–Trinajstić information content (AvgIpc) is 2.99. The number of rotatable bonds is 2. The number of hydrogen-bond donors (Lipinski definition) is 2.